The summed E-state index contributed by atoms with van der Waals surface area (Å²) in [7, 11) is 0. The molecule has 0 saturated carbocycles. The Balaban J connectivity index is 0. The van der Waals surface area contributed by atoms with Crippen LogP contribution in [0.2, 0.25) is 0 Å². The lowest BCUT2D eigenvalue weighted by atomic mass is 10.2. The molecule has 0 aliphatic heterocycles. The standard InChI is InChI=1S/C8H8.C5H8.H2O/c1-2-8-6-4-3-5-7-8;1-4-5(2)3;/h2-7H,1H2;4H,1-2H2,3H3;1H2. The molecule has 0 radical (unpaired) electrons. The van der Waals surface area contributed by atoms with E-state index >= 15 is 0 Å². The Morgan fingerprint density at radius 3 is 1.79 bits per heavy atom. The average molecular weight is 190 g/mol. The van der Waals surface area contributed by atoms with Crippen molar-refractivity contribution in [2.45, 2.75) is 6.92 Å². The lowest BCUT2D eigenvalue weighted by Gasteiger charge is -1.85. The van der Waals surface area contributed by atoms with E-state index in [0.29, 0.717) is 0 Å². The van der Waals surface area contributed by atoms with Crippen LogP contribution < -0.4 is 0 Å². The van der Waals surface area contributed by atoms with Crippen LogP contribution in [0.5, 0.6) is 0 Å². The predicted molar refractivity (Wildman–Crippen MR) is 65.2 cm³/mol. The summed E-state index contributed by atoms with van der Waals surface area (Å²) in [4.78, 5) is 0. The van der Waals surface area contributed by atoms with Gasteiger partial charge in [0.15, 0.2) is 0 Å². The van der Waals surface area contributed by atoms with Gasteiger partial charge in [0.2, 0.25) is 0 Å². The second-order valence-electron chi connectivity index (χ2n) is 2.67. The number of benzene rings is 1. The third-order valence-corrected chi connectivity index (χ3v) is 1.38. The summed E-state index contributed by atoms with van der Waals surface area (Å²) >= 11 is 0. The summed E-state index contributed by atoms with van der Waals surface area (Å²) in [6, 6.07) is 10.0. The van der Waals surface area contributed by atoms with E-state index in [2.05, 4.69) is 19.7 Å². The zero-order valence-corrected chi connectivity index (χ0v) is 8.66. The Bertz CT molecular complexity index is 273. The van der Waals surface area contributed by atoms with Crippen molar-refractivity contribution in [3.8, 4) is 0 Å². The van der Waals surface area contributed by atoms with E-state index in [1.54, 1.807) is 6.08 Å². The van der Waals surface area contributed by atoms with E-state index in [1.165, 1.54) is 5.56 Å². The van der Waals surface area contributed by atoms with Crippen molar-refractivity contribution in [3.63, 3.8) is 0 Å². The molecule has 0 heterocycles. The van der Waals surface area contributed by atoms with Gasteiger partial charge < -0.3 is 5.48 Å². The van der Waals surface area contributed by atoms with Crippen molar-refractivity contribution >= 4 is 6.08 Å². The first kappa shape index (κ1) is 14.9. The van der Waals surface area contributed by atoms with Crippen molar-refractivity contribution in [3.05, 3.63) is 67.3 Å². The van der Waals surface area contributed by atoms with Crippen molar-refractivity contribution in [1.82, 2.24) is 0 Å². The average Bonchev–Trinajstić information content (AvgIpc) is 2.20. The molecule has 1 heteroatoms. The molecule has 0 aliphatic carbocycles. The molecule has 0 aromatic heterocycles. The lowest BCUT2D eigenvalue weighted by Crippen LogP contribution is -1.63. The van der Waals surface area contributed by atoms with Crippen LogP contribution in [0.25, 0.3) is 6.08 Å². The molecule has 2 N–H and O–H groups in total. The van der Waals surface area contributed by atoms with Crippen molar-refractivity contribution in [2.24, 2.45) is 0 Å². The number of rotatable bonds is 2. The van der Waals surface area contributed by atoms with Gasteiger partial charge in [-0.25, -0.2) is 0 Å². The lowest BCUT2D eigenvalue weighted by molar-refractivity contribution is 0.824. The molecule has 0 bridgehead atoms. The van der Waals surface area contributed by atoms with E-state index < -0.39 is 0 Å². The Morgan fingerprint density at radius 2 is 1.57 bits per heavy atom. The van der Waals surface area contributed by atoms with Crippen LogP contribution >= 0.6 is 0 Å². The van der Waals surface area contributed by atoms with E-state index in [4.69, 9.17) is 0 Å². The van der Waals surface area contributed by atoms with Crippen LogP contribution in [-0.4, -0.2) is 5.48 Å². The Labute approximate surface area is 86.4 Å². The van der Waals surface area contributed by atoms with Gasteiger partial charge in [-0.05, 0) is 12.5 Å². The molecule has 0 aliphatic rings. The van der Waals surface area contributed by atoms with Gasteiger partial charge in [0.25, 0.3) is 0 Å². The van der Waals surface area contributed by atoms with E-state index in [1.807, 2.05) is 43.3 Å². The first-order valence-corrected chi connectivity index (χ1v) is 4.16. The predicted octanol–water partition coefficient (Wildman–Crippen LogP) is 3.25. The van der Waals surface area contributed by atoms with Crippen molar-refractivity contribution in [1.29, 1.82) is 0 Å². The second-order valence-corrected chi connectivity index (χ2v) is 2.67. The summed E-state index contributed by atoms with van der Waals surface area (Å²) in [5.41, 5.74) is 2.19. The maximum Gasteiger partial charge on any atom is -0.0263 e. The van der Waals surface area contributed by atoms with Gasteiger partial charge in [0.1, 0.15) is 0 Å². The minimum absolute atomic E-state index is 0. The Hall–Kier alpha value is -1.60. The molecule has 76 valence electrons. The molecule has 0 atom stereocenters. The molecule has 0 unspecified atom stereocenters. The number of hydrogen-bond acceptors (Lipinski definition) is 0. The summed E-state index contributed by atoms with van der Waals surface area (Å²) in [6.07, 6.45) is 3.56. The molecule has 1 rings (SSSR count). The van der Waals surface area contributed by atoms with Gasteiger partial charge in [-0.2, -0.15) is 0 Å². The molecule has 0 spiro atoms. The summed E-state index contributed by atoms with van der Waals surface area (Å²) < 4.78 is 0. The van der Waals surface area contributed by atoms with Crippen molar-refractivity contribution in [2.75, 3.05) is 0 Å². The molecular weight excluding hydrogens is 172 g/mol. The Morgan fingerprint density at radius 1 is 1.14 bits per heavy atom. The SMILES string of the molecule is C=CC(=C)C.C=Cc1ccccc1.O. The summed E-state index contributed by atoms with van der Waals surface area (Å²) in [6.45, 7) is 12.6. The second kappa shape index (κ2) is 9.49. The fourth-order valence-electron chi connectivity index (χ4n) is 0.589. The minimum atomic E-state index is 0. The van der Waals surface area contributed by atoms with Crippen LogP contribution in [0, 0.1) is 0 Å². The summed E-state index contributed by atoms with van der Waals surface area (Å²) in [5.74, 6) is 0. The highest BCUT2D eigenvalue weighted by Crippen LogP contribution is 1.97. The fourth-order valence-corrected chi connectivity index (χ4v) is 0.589. The maximum atomic E-state index is 3.63. The van der Waals surface area contributed by atoms with E-state index in [-0.39, 0.29) is 5.48 Å². The molecule has 1 aromatic carbocycles. The van der Waals surface area contributed by atoms with Crippen LogP contribution in [0.3, 0.4) is 0 Å². The number of allylic oxidation sites excluding steroid dienone is 2. The zero-order chi connectivity index (χ0) is 10.1. The molecule has 0 fully saturated rings. The fraction of sp³-hybridized carbons (Fsp3) is 0.0769. The zero-order valence-electron chi connectivity index (χ0n) is 8.66. The third-order valence-electron chi connectivity index (χ3n) is 1.38. The topological polar surface area (TPSA) is 31.5 Å². The minimum Gasteiger partial charge on any atom is -0.412 e. The highest BCUT2D eigenvalue weighted by molar-refractivity contribution is 5.45. The third kappa shape index (κ3) is 8.50. The van der Waals surface area contributed by atoms with Crippen LogP contribution in [-0.2, 0) is 0 Å². The highest BCUT2D eigenvalue weighted by atomic mass is 16.0. The van der Waals surface area contributed by atoms with E-state index in [0.717, 1.165) is 5.57 Å². The van der Waals surface area contributed by atoms with Crippen LogP contribution in [0.15, 0.2) is 61.7 Å². The molecule has 1 aromatic rings. The van der Waals surface area contributed by atoms with Gasteiger partial charge in [0, 0.05) is 0 Å². The van der Waals surface area contributed by atoms with Gasteiger partial charge in [-0.3, -0.25) is 0 Å². The van der Waals surface area contributed by atoms with Gasteiger partial charge >= 0.3 is 0 Å². The van der Waals surface area contributed by atoms with Crippen molar-refractivity contribution < 1.29 is 5.48 Å². The first-order valence-electron chi connectivity index (χ1n) is 4.16. The first-order chi connectivity index (χ1) is 6.20. The smallest absolute Gasteiger partial charge is 0.0263 e. The molecular formula is C13H18O. The summed E-state index contributed by atoms with van der Waals surface area (Å²) in [5, 5.41) is 0. The van der Waals surface area contributed by atoms with Crippen LogP contribution in [0.4, 0.5) is 0 Å². The van der Waals surface area contributed by atoms with Crippen LogP contribution in [0.1, 0.15) is 12.5 Å². The molecule has 1 nitrogen and oxygen atoms in total. The normalized spacial score (nSPS) is 7.21. The van der Waals surface area contributed by atoms with Gasteiger partial charge in [-0.15, -0.1) is 0 Å². The van der Waals surface area contributed by atoms with Gasteiger partial charge in [0.05, 0.1) is 0 Å². The largest absolute Gasteiger partial charge is 0.412 e. The Kier molecular flexibility index (Phi) is 10.1. The van der Waals surface area contributed by atoms with E-state index in [9.17, 15) is 0 Å². The monoisotopic (exact) mass is 190 g/mol. The quantitative estimate of drug-likeness (QED) is 0.641. The number of hydrogen-bond donors (Lipinski definition) is 0. The molecule has 0 amide bonds. The maximum absolute atomic E-state index is 3.63. The molecule has 14 heavy (non-hydrogen) atoms. The highest BCUT2D eigenvalue weighted by Gasteiger charge is 1.75. The van der Waals surface area contributed by atoms with Gasteiger partial charge in [-0.1, -0.05) is 67.8 Å². The molecule has 0 saturated heterocycles.